The van der Waals surface area contributed by atoms with Crippen molar-refractivity contribution in [1.82, 2.24) is 9.13 Å². The van der Waals surface area contributed by atoms with E-state index in [2.05, 4.69) is 4.74 Å². The van der Waals surface area contributed by atoms with Gasteiger partial charge in [0.2, 0.25) is 0 Å². The third kappa shape index (κ3) is 4.28. The predicted octanol–water partition coefficient (Wildman–Crippen LogP) is 3.58. The van der Waals surface area contributed by atoms with Crippen LogP contribution in [0.25, 0.3) is 10.2 Å². The van der Waals surface area contributed by atoms with Gasteiger partial charge in [-0.05, 0) is 6.42 Å². The summed E-state index contributed by atoms with van der Waals surface area (Å²) in [5, 5.41) is 7.10. The summed E-state index contributed by atoms with van der Waals surface area (Å²) in [5.74, 6) is 0. The van der Waals surface area contributed by atoms with E-state index in [1.54, 1.807) is 6.92 Å². The van der Waals surface area contributed by atoms with Crippen LogP contribution >= 0.6 is 11.3 Å². The maximum atomic E-state index is 13.5. The summed E-state index contributed by atoms with van der Waals surface area (Å²) < 4.78 is 70.0. The Hall–Kier alpha value is -2.44. The predicted molar refractivity (Wildman–Crippen MR) is 84.9 cm³/mol. The molecule has 0 saturated heterocycles. The van der Waals surface area contributed by atoms with Gasteiger partial charge in [0.05, 0.1) is 17.4 Å². The number of aromatic nitrogens is 2. The van der Waals surface area contributed by atoms with Gasteiger partial charge < -0.3 is 9.84 Å². The molecular formula is C14H13F5N2O5S. The number of alkyl halides is 5. The average Bonchev–Trinajstić information content (AvgIpc) is 2.88. The molecular weight excluding hydrogens is 403 g/mol. The lowest BCUT2D eigenvalue weighted by atomic mass is 10.2. The third-order valence-corrected chi connectivity index (χ3v) is 4.63. The summed E-state index contributed by atoms with van der Waals surface area (Å²) in [6.07, 6.45) is -11.1. The second kappa shape index (κ2) is 7.66. The van der Waals surface area contributed by atoms with Gasteiger partial charge in [0, 0.05) is 13.1 Å². The molecule has 0 fully saturated rings. The summed E-state index contributed by atoms with van der Waals surface area (Å²) in [6.45, 7) is 0.461. The quantitative estimate of drug-likeness (QED) is 0.574. The molecule has 0 spiro atoms. The van der Waals surface area contributed by atoms with Crippen LogP contribution in [0.2, 0.25) is 0 Å². The first-order valence-corrected chi connectivity index (χ1v) is 8.35. The molecule has 2 aromatic rings. The minimum absolute atomic E-state index is 0.201. The van der Waals surface area contributed by atoms with Gasteiger partial charge in [0.1, 0.15) is 4.83 Å². The molecule has 2 aromatic heterocycles. The lowest BCUT2D eigenvalue weighted by Crippen LogP contribution is -2.40. The average molecular weight is 416 g/mol. The number of fused-ring (bicyclic) bond motifs is 1. The molecule has 0 saturated carbocycles. The molecule has 0 radical (unpaired) electrons. The largest absolute Gasteiger partial charge is 0.512 e. The fourth-order valence-corrected chi connectivity index (χ4v) is 3.64. The van der Waals surface area contributed by atoms with Crippen molar-refractivity contribution < 1.29 is 36.6 Å². The zero-order chi connectivity index (χ0) is 20.5. The Labute approximate surface area is 151 Å². The fourth-order valence-electron chi connectivity index (χ4n) is 2.47. The lowest BCUT2D eigenvalue weighted by molar-refractivity contribution is -0.136. The number of carboxylic acid groups (broad SMARTS) is 1. The summed E-state index contributed by atoms with van der Waals surface area (Å²) >= 11 is 0.212. The van der Waals surface area contributed by atoms with Crippen LogP contribution in [0.15, 0.2) is 9.59 Å². The molecule has 2 rings (SSSR count). The van der Waals surface area contributed by atoms with E-state index in [0.717, 1.165) is 0 Å². The van der Waals surface area contributed by atoms with Crippen LogP contribution in [-0.4, -0.2) is 26.6 Å². The van der Waals surface area contributed by atoms with Crippen LogP contribution in [0.5, 0.6) is 5.06 Å². The molecule has 0 aliphatic heterocycles. The molecule has 0 aliphatic rings. The number of hydrogen-bond acceptors (Lipinski definition) is 5. The smallest absolute Gasteiger partial charge is 0.449 e. The Kier molecular flexibility index (Phi) is 5.92. The molecule has 0 aromatic carbocycles. The number of rotatable bonds is 6. The Morgan fingerprint density at radius 1 is 1.22 bits per heavy atom. The van der Waals surface area contributed by atoms with Crippen LogP contribution in [0.4, 0.5) is 26.7 Å². The number of carbonyl (C=O) groups is 1. The molecule has 7 nitrogen and oxygen atoms in total. The van der Waals surface area contributed by atoms with Crippen molar-refractivity contribution in [3.8, 4) is 5.06 Å². The van der Waals surface area contributed by atoms with Crippen molar-refractivity contribution in [2.75, 3.05) is 0 Å². The van der Waals surface area contributed by atoms with Crippen LogP contribution in [0.3, 0.4) is 0 Å². The first-order chi connectivity index (χ1) is 12.5. The zero-order valence-electron chi connectivity index (χ0n) is 13.7. The number of thiophene rings is 1. The van der Waals surface area contributed by atoms with Gasteiger partial charge >= 0.3 is 18.0 Å². The molecule has 27 heavy (non-hydrogen) atoms. The number of aryl methyl sites for hydroxylation is 1. The van der Waals surface area contributed by atoms with E-state index in [9.17, 15) is 36.3 Å². The Morgan fingerprint density at radius 3 is 2.33 bits per heavy atom. The lowest BCUT2D eigenvalue weighted by Gasteiger charge is -2.13. The summed E-state index contributed by atoms with van der Waals surface area (Å²) in [5.41, 5.74) is -3.29. The highest BCUT2D eigenvalue weighted by Crippen LogP contribution is 2.41. The van der Waals surface area contributed by atoms with Gasteiger partial charge in [-0.15, -0.1) is 0 Å². The van der Waals surface area contributed by atoms with Crippen LogP contribution in [0.1, 0.15) is 31.8 Å². The summed E-state index contributed by atoms with van der Waals surface area (Å²) in [4.78, 5) is 35.2. The van der Waals surface area contributed by atoms with Gasteiger partial charge in [-0.2, -0.15) is 13.2 Å². The summed E-state index contributed by atoms with van der Waals surface area (Å²) in [6, 6.07) is 0. The van der Waals surface area contributed by atoms with E-state index in [1.165, 1.54) is 0 Å². The monoisotopic (exact) mass is 416 g/mol. The molecule has 13 heteroatoms. The maximum Gasteiger partial charge on any atom is 0.512 e. The minimum Gasteiger partial charge on any atom is -0.449 e. The molecule has 1 N–H and O–H groups in total. The third-order valence-electron chi connectivity index (χ3n) is 3.52. The van der Waals surface area contributed by atoms with E-state index < -0.39 is 63.8 Å². The highest BCUT2D eigenvalue weighted by molar-refractivity contribution is 7.20. The van der Waals surface area contributed by atoms with Crippen molar-refractivity contribution in [2.24, 2.45) is 0 Å². The fraction of sp³-hybridized carbons (Fsp3) is 0.500. The van der Waals surface area contributed by atoms with Crippen molar-refractivity contribution in [3.05, 3.63) is 26.4 Å². The van der Waals surface area contributed by atoms with Crippen LogP contribution in [0, 0.1) is 0 Å². The van der Waals surface area contributed by atoms with Crippen LogP contribution < -0.4 is 16.0 Å². The van der Waals surface area contributed by atoms with E-state index in [0.29, 0.717) is 9.13 Å². The van der Waals surface area contributed by atoms with Crippen molar-refractivity contribution in [1.29, 1.82) is 0 Å². The molecule has 0 atom stereocenters. The van der Waals surface area contributed by atoms with E-state index in [4.69, 9.17) is 5.11 Å². The van der Waals surface area contributed by atoms with Gasteiger partial charge in [0.25, 0.3) is 12.0 Å². The van der Waals surface area contributed by atoms with E-state index >= 15 is 0 Å². The molecule has 2 heterocycles. The van der Waals surface area contributed by atoms with E-state index in [-0.39, 0.29) is 24.3 Å². The van der Waals surface area contributed by atoms with Crippen LogP contribution in [-0.2, 0) is 13.1 Å². The van der Waals surface area contributed by atoms with Gasteiger partial charge in [-0.3, -0.25) is 13.9 Å². The first-order valence-electron chi connectivity index (χ1n) is 7.53. The number of hydrogen-bond donors (Lipinski definition) is 1. The second-order valence-corrected chi connectivity index (χ2v) is 6.37. The second-order valence-electron chi connectivity index (χ2n) is 5.41. The standard InChI is InChI=1S/C14H13F5N2O5S/c1-2-4-20-9(22)7-6(8(15)16)11(26-13(24)25)27-10(7)21(12(20)23)5-3-14(17,18)19/h8H,2-5H2,1H3,(H,24,25). The van der Waals surface area contributed by atoms with Crippen molar-refractivity contribution in [3.63, 3.8) is 0 Å². The highest BCUT2D eigenvalue weighted by atomic mass is 32.1. The van der Waals surface area contributed by atoms with E-state index in [1.807, 2.05) is 0 Å². The van der Waals surface area contributed by atoms with Gasteiger partial charge in [0.15, 0.2) is 5.06 Å². The Bertz CT molecular complexity index is 975. The van der Waals surface area contributed by atoms with Gasteiger partial charge in [-0.25, -0.2) is 18.4 Å². The molecule has 0 bridgehead atoms. The first kappa shape index (κ1) is 20.9. The van der Waals surface area contributed by atoms with Crippen molar-refractivity contribution in [2.45, 2.75) is 45.5 Å². The van der Waals surface area contributed by atoms with Crippen molar-refractivity contribution >= 4 is 27.7 Å². The highest BCUT2D eigenvalue weighted by Gasteiger charge is 2.31. The summed E-state index contributed by atoms with van der Waals surface area (Å²) in [7, 11) is 0. The normalized spacial score (nSPS) is 12.1. The molecule has 0 aliphatic carbocycles. The molecule has 0 amide bonds. The number of nitrogens with zero attached hydrogens (tertiary/aromatic N) is 2. The van der Waals surface area contributed by atoms with Gasteiger partial charge in [-0.1, -0.05) is 18.3 Å². The Balaban J connectivity index is 2.88. The minimum atomic E-state index is -4.64. The zero-order valence-corrected chi connectivity index (χ0v) is 14.5. The molecule has 0 unspecified atom stereocenters. The SMILES string of the molecule is CCCn1c(=O)c2c(C(F)F)c(OC(=O)O)sc2n(CCC(F)(F)F)c1=O. The topological polar surface area (TPSA) is 90.5 Å². The molecule has 150 valence electrons. The number of halogens is 5. The number of ether oxygens (including phenoxy) is 1. The maximum absolute atomic E-state index is 13.5. The Morgan fingerprint density at radius 2 is 1.85 bits per heavy atom.